The van der Waals surface area contributed by atoms with Crippen LogP contribution >= 0.6 is 35.0 Å². The molecule has 126 valence electrons. The van der Waals surface area contributed by atoms with Crippen molar-refractivity contribution in [3.8, 4) is 5.69 Å². The van der Waals surface area contributed by atoms with Crippen molar-refractivity contribution in [3.63, 3.8) is 0 Å². The number of aromatic nitrogens is 2. The molecule has 0 spiro atoms. The van der Waals surface area contributed by atoms with Gasteiger partial charge in [0, 0.05) is 32.7 Å². The SMILES string of the molecule is O=C(Nc1c2c(nn1-c1ccc(Cl)cc1)CSC2)c1ccc(Cl)cc1. The Morgan fingerprint density at radius 2 is 1.64 bits per heavy atom. The lowest BCUT2D eigenvalue weighted by molar-refractivity contribution is 0.102. The maximum absolute atomic E-state index is 12.6. The summed E-state index contributed by atoms with van der Waals surface area (Å²) in [4.78, 5) is 12.6. The molecule has 1 aromatic heterocycles. The van der Waals surface area contributed by atoms with Gasteiger partial charge in [0.1, 0.15) is 5.82 Å². The molecule has 0 atom stereocenters. The molecule has 1 aliphatic heterocycles. The molecule has 25 heavy (non-hydrogen) atoms. The van der Waals surface area contributed by atoms with E-state index in [1.807, 2.05) is 24.3 Å². The number of hydrogen-bond acceptors (Lipinski definition) is 3. The van der Waals surface area contributed by atoms with Crippen LogP contribution in [0.5, 0.6) is 0 Å². The molecule has 0 saturated heterocycles. The van der Waals surface area contributed by atoms with Gasteiger partial charge in [-0.2, -0.15) is 16.9 Å². The number of amides is 1. The smallest absolute Gasteiger partial charge is 0.256 e. The summed E-state index contributed by atoms with van der Waals surface area (Å²) in [7, 11) is 0. The Labute approximate surface area is 159 Å². The predicted octanol–water partition coefficient (Wildman–Crippen LogP) is 5.18. The van der Waals surface area contributed by atoms with Crippen LogP contribution in [-0.4, -0.2) is 15.7 Å². The number of rotatable bonds is 3. The molecular weight excluding hydrogens is 377 g/mol. The summed E-state index contributed by atoms with van der Waals surface area (Å²) in [5.74, 6) is 2.20. The maximum Gasteiger partial charge on any atom is 0.256 e. The lowest BCUT2D eigenvalue weighted by Crippen LogP contribution is -2.16. The van der Waals surface area contributed by atoms with Crippen LogP contribution < -0.4 is 5.32 Å². The van der Waals surface area contributed by atoms with Gasteiger partial charge in [0.2, 0.25) is 0 Å². The molecule has 0 aliphatic carbocycles. The second-order valence-electron chi connectivity index (χ2n) is 5.62. The summed E-state index contributed by atoms with van der Waals surface area (Å²) >= 11 is 13.7. The van der Waals surface area contributed by atoms with Crippen molar-refractivity contribution < 1.29 is 4.79 Å². The van der Waals surface area contributed by atoms with Crippen molar-refractivity contribution in [2.45, 2.75) is 11.5 Å². The second-order valence-corrected chi connectivity index (χ2v) is 7.47. The number of fused-ring (bicyclic) bond motifs is 1. The number of carbonyl (C=O) groups excluding carboxylic acids is 1. The zero-order chi connectivity index (χ0) is 17.4. The van der Waals surface area contributed by atoms with Crippen LogP contribution in [0.25, 0.3) is 5.69 Å². The summed E-state index contributed by atoms with van der Waals surface area (Å²) in [6.45, 7) is 0. The number of carbonyl (C=O) groups is 1. The van der Waals surface area contributed by atoms with Crippen LogP contribution in [0.3, 0.4) is 0 Å². The molecule has 0 fully saturated rings. The molecule has 0 bridgehead atoms. The van der Waals surface area contributed by atoms with Crippen LogP contribution in [0.2, 0.25) is 10.0 Å². The highest BCUT2D eigenvalue weighted by molar-refractivity contribution is 7.98. The first-order chi connectivity index (χ1) is 12.1. The Bertz CT molecular complexity index is 936. The van der Waals surface area contributed by atoms with Crippen LogP contribution in [0.1, 0.15) is 21.6 Å². The molecule has 2 aromatic carbocycles. The monoisotopic (exact) mass is 389 g/mol. The number of hydrogen-bond donors (Lipinski definition) is 1. The molecule has 7 heteroatoms. The van der Waals surface area contributed by atoms with E-state index in [1.54, 1.807) is 40.7 Å². The van der Waals surface area contributed by atoms with Gasteiger partial charge in [-0.15, -0.1) is 0 Å². The molecule has 4 rings (SSSR count). The highest BCUT2D eigenvalue weighted by Crippen LogP contribution is 2.36. The number of nitrogens with zero attached hydrogens (tertiary/aromatic N) is 2. The first-order valence-corrected chi connectivity index (χ1v) is 9.54. The lowest BCUT2D eigenvalue weighted by atomic mass is 10.2. The minimum absolute atomic E-state index is 0.188. The molecule has 1 N–H and O–H groups in total. The van der Waals surface area contributed by atoms with Crippen molar-refractivity contribution in [2.24, 2.45) is 0 Å². The standard InChI is InChI=1S/C18H13Cl2N3OS/c19-12-3-1-11(2-4-12)18(24)21-17-15-9-25-10-16(15)22-23(17)14-7-5-13(20)6-8-14/h1-8H,9-10H2,(H,21,24). The van der Waals surface area contributed by atoms with Gasteiger partial charge in [-0.3, -0.25) is 4.79 Å². The molecule has 0 radical (unpaired) electrons. The fraction of sp³-hybridized carbons (Fsp3) is 0.111. The Balaban J connectivity index is 1.72. The van der Waals surface area contributed by atoms with E-state index in [2.05, 4.69) is 10.4 Å². The third-order valence-electron chi connectivity index (χ3n) is 3.96. The summed E-state index contributed by atoms with van der Waals surface area (Å²) in [5, 5.41) is 8.94. The van der Waals surface area contributed by atoms with Gasteiger partial charge in [-0.25, -0.2) is 4.68 Å². The summed E-state index contributed by atoms with van der Waals surface area (Å²) in [6, 6.07) is 14.2. The number of nitrogens with one attached hydrogen (secondary N) is 1. The fourth-order valence-electron chi connectivity index (χ4n) is 2.69. The van der Waals surface area contributed by atoms with Crippen LogP contribution in [0.15, 0.2) is 48.5 Å². The topological polar surface area (TPSA) is 46.9 Å². The Kier molecular flexibility index (Phi) is 4.46. The Hall–Kier alpha value is -1.95. The molecular formula is C18H13Cl2N3OS. The predicted molar refractivity (Wildman–Crippen MR) is 103 cm³/mol. The van der Waals surface area contributed by atoms with E-state index in [0.717, 1.165) is 28.5 Å². The van der Waals surface area contributed by atoms with Crippen molar-refractivity contribution >= 4 is 46.7 Å². The Morgan fingerprint density at radius 3 is 2.32 bits per heavy atom. The number of benzene rings is 2. The van der Waals surface area contributed by atoms with Crippen LogP contribution in [0, 0.1) is 0 Å². The van der Waals surface area contributed by atoms with E-state index < -0.39 is 0 Å². The van der Waals surface area contributed by atoms with E-state index in [9.17, 15) is 4.79 Å². The van der Waals surface area contributed by atoms with Gasteiger partial charge in [-0.1, -0.05) is 23.2 Å². The molecule has 0 unspecified atom stereocenters. The third kappa shape index (κ3) is 3.27. The van der Waals surface area contributed by atoms with E-state index in [1.165, 1.54) is 0 Å². The highest BCUT2D eigenvalue weighted by atomic mass is 35.5. The highest BCUT2D eigenvalue weighted by Gasteiger charge is 2.25. The third-order valence-corrected chi connectivity index (χ3v) is 5.44. The van der Waals surface area contributed by atoms with E-state index in [-0.39, 0.29) is 5.91 Å². The van der Waals surface area contributed by atoms with Gasteiger partial charge in [0.05, 0.1) is 11.4 Å². The van der Waals surface area contributed by atoms with Crippen molar-refractivity contribution in [3.05, 3.63) is 75.4 Å². The molecule has 1 amide bonds. The minimum atomic E-state index is -0.188. The van der Waals surface area contributed by atoms with Crippen molar-refractivity contribution in [1.82, 2.24) is 9.78 Å². The van der Waals surface area contributed by atoms with Gasteiger partial charge in [0.25, 0.3) is 5.91 Å². The van der Waals surface area contributed by atoms with Gasteiger partial charge in [0.15, 0.2) is 0 Å². The normalized spacial score (nSPS) is 12.9. The largest absolute Gasteiger partial charge is 0.306 e. The summed E-state index contributed by atoms with van der Waals surface area (Å²) in [6.07, 6.45) is 0. The molecule has 3 aromatic rings. The molecule has 0 saturated carbocycles. The van der Waals surface area contributed by atoms with Gasteiger partial charge < -0.3 is 5.32 Å². The molecule has 2 heterocycles. The molecule has 1 aliphatic rings. The maximum atomic E-state index is 12.6. The lowest BCUT2D eigenvalue weighted by Gasteiger charge is -2.11. The first kappa shape index (κ1) is 16.5. The quantitative estimate of drug-likeness (QED) is 0.671. The first-order valence-electron chi connectivity index (χ1n) is 7.63. The Morgan fingerprint density at radius 1 is 1.00 bits per heavy atom. The summed E-state index contributed by atoms with van der Waals surface area (Å²) < 4.78 is 1.77. The minimum Gasteiger partial charge on any atom is -0.306 e. The fourth-order valence-corrected chi connectivity index (χ4v) is 3.98. The van der Waals surface area contributed by atoms with Crippen LogP contribution in [-0.2, 0) is 11.5 Å². The average Bonchev–Trinajstić information content (AvgIpc) is 3.19. The summed E-state index contributed by atoms with van der Waals surface area (Å²) in [5.41, 5.74) is 3.48. The van der Waals surface area contributed by atoms with E-state index >= 15 is 0 Å². The van der Waals surface area contributed by atoms with Crippen LogP contribution in [0.4, 0.5) is 5.82 Å². The number of halogens is 2. The number of thioether (sulfide) groups is 1. The zero-order valence-corrected chi connectivity index (χ0v) is 15.3. The zero-order valence-electron chi connectivity index (χ0n) is 13.0. The van der Waals surface area contributed by atoms with E-state index in [0.29, 0.717) is 21.4 Å². The molecule has 4 nitrogen and oxygen atoms in total. The average molecular weight is 390 g/mol. The van der Waals surface area contributed by atoms with Crippen molar-refractivity contribution in [2.75, 3.05) is 5.32 Å². The second kappa shape index (κ2) is 6.75. The van der Waals surface area contributed by atoms with Crippen molar-refractivity contribution in [1.29, 1.82) is 0 Å². The van der Waals surface area contributed by atoms with Gasteiger partial charge in [-0.05, 0) is 48.5 Å². The number of anilines is 1. The van der Waals surface area contributed by atoms with E-state index in [4.69, 9.17) is 23.2 Å². The van der Waals surface area contributed by atoms with Gasteiger partial charge >= 0.3 is 0 Å².